The third-order valence-electron chi connectivity index (χ3n) is 6.26. The fourth-order valence-electron chi connectivity index (χ4n) is 4.49. The minimum absolute atomic E-state index is 0.0174. The molecule has 0 radical (unpaired) electrons. The number of carbonyl (C=O) groups is 2. The summed E-state index contributed by atoms with van der Waals surface area (Å²) in [6.45, 7) is 4.04. The van der Waals surface area contributed by atoms with E-state index in [4.69, 9.17) is 4.74 Å². The summed E-state index contributed by atoms with van der Waals surface area (Å²) < 4.78 is 20.3. The summed E-state index contributed by atoms with van der Waals surface area (Å²) in [4.78, 5) is 33.5. The van der Waals surface area contributed by atoms with E-state index >= 15 is 0 Å². The van der Waals surface area contributed by atoms with Gasteiger partial charge in [0.1, 0.15) is 12.4 Å². The molecule has 1 atom stereocenters. The quantitative estimate of drug-likeness (QED) is 0.594. The molecule has 1 aromatic heterocycles. The Bertz CT molecular complexity index is 1250. The summed E-state index contributed by atoms with van der Waals surface area (Å²) in [5.74, 6) is -0.270. The van der Waals surface area contributed by atoms with Crippen LogP contribution in [0.15, 0.2) is 60.8 Å². The molecule has 1 fully saturated rings. The first-order valence-electron chi connectivity index (χ1n) is 11.3. The average Bonchev–Trinajstić information content (AvgIpc) is 2.90. The van der Waals surface area contributed by atoms with E-state index in [1.54, 1.807) is 30.3 Å². The lowest BCUT2D eigenvalue weighted by Crippen LogP contribution is -2.57. The molecule has 2 aliphatic rings. The first-order chi connectivity index (χ1) is 16.5. The van der Waals surface area contributed by atoms with E-state index in [1.165, 1.54) is 6.20 Å². The van der Waals surface area contributed by atoms with Crippen molar-refractivity contribution in [1.29, 1.82) is 0 Å². The van der Waals surface area contributed by atoms with Crippen LogP contribution in [0.4, 0.5) is 10.1 Å². The Morgan fingerprint density at radius 2 is 2.03 bits per heavy atom. The molecule has 1 saturated heterocycles. The summed E-state index contributed by atoms with van der Waals surface area (Å²) in [6, 6.07) is 15.9. The molecule has 5 rings (SSSR count). The number of ether oxygens (including phenoxy) is 1. The van der Waals surface area contributed by atoms with Gasteiger partial charge in [0, 0.05) is 37.0 Å². The van der Waals surface area contributed by atoms with E-state index in [2.05, 4.69) is 10.3 Å². The smallest absolute Gasteiger partial charge is 0.253 e. The summed E-state index contributed by atoms with van der Waals surface area (Å²) in [5, 5.41) is 2.90. The number of nitrogens with one attached hydrogen (secondary N) is 1. The van der Waals surface area contributed by atoms with E-state index < -0.39 is 5.95 Å². The van der Waals surface area contributed by atoms with Crippen molar-refractivity contribution in [3.05, 3.63) is 77.9 Å². The number of hydrogen-bond donors (Lipinski definition) is 1. The normalized spacial score (nSPS) is 18.5. The summed E-state index contributed by atoms with van der Waals surface area (Å²) in [6.07, 6.45) is 1.39. The number of anilines is 1. The van der Waals surface area contributed by atoms with Crippen molar-refractivity contribution in [3.8, 4) is 16.9 Å². The minimum atomic E-state index is -0.576. The van der Waals surface area contributed by atoms with Gasteiger partial charge in [-0.15, -0.1) is 0 Å². The van der Waals surface area contributed by atoms with Gasteiger partial charge >= 0.3 is 0 Å². The van der Waals surface area contributed by atoms with Crippen molar-refractivity contribution >= 4 is 17.5 Å². The van der Waals surface area contributed by atoms with Crippen LogP contribution in [0.5, 0.6) is 5.75 Å². The molecule has 2 aromatic carbocycles. The van der Waals surface area contributed by atoms with Crippen molar-refractivity contribution in [2.75, 3.05) is 38.1 Å². The number of hydrogen-bond acceptors (Lipinski definition) is 5. The Morgan fingerprint density at radius 1 is 1.15 bits per heavy atom. The predicted octanol–water partition coefficient (Wildman–Crippen LogP) is 3.35. The van der Waals surface area contributed by atoms with Gasteiger partial charge in [-0.05, 0) is 48.9 Å². The maximum atomic E-state index is 14.2. The number of aromatic nitrogens is 1. The number of rotatable bonds is 2. The maximum Gasteiger partial charge on any atom is 0.253 e. The second-order valence-electron chi connectivity index (χ2n) is 8.66. The third kappa shape index (κ3) is 4.49. The lowest BCUT2D eigenvalue weighted by molar-refractivity contribution is -0.118. The van der Waals surface area contributed by atoms with Gasteiger partial charge in [-0.25, -0.2) is 4.98 Å². The van der Waals surface area contributed by atoms with E-state index in [0.717, 1.165) is 5.56 Å². The van der Waals surface area contributed by atoms with E-state index in [-0.39, 0.29) is 24.4 Å². The SMILES string of the molecule is Cc1cccc(C(=O)N2CCN3CC(=O)Nc4cc(-c5cccnc5F)ccc4OC[C@H]3C2)c1. The van der Waals surface area contributed by atoms with Crippen molar-refractivity contribution in [3.63, 3.8) is 0 Å². The number of halogens is 1. The highest BCUT2D eigenvalue weighted by molar-refractivity contribution is 5.95. The lowest BCUT2D eigenvalue weighted by Gasteiger charge is -2.40. The Hall–Kier alpha value is -3.78. The van der Waals surface area contributed by atoms with Crippen LogP contribution in [0.3, 0.4) is 0 Å². The van der Waals surface area contributed by atoms with Gasteiger partial charge in [0.15, 0.2) is 0 Å². The molecular formula is C26H25FN4O3. The van der Waals surface area contributed by atoms with Crippen molar-refractivity contribution in [1.82, 2.24) is 14.8 Å². The molecule has 1 N–H and O–H groups in total. The van der Waals surface area contributed by atoms with E-state index in [9.17, 15) is 14.0 Å². The lowest BCUT2D eigenvalue weighted by atomic mass is 10.1. The van der Waals surface area contributed by atoms with Gasteiger partial charge in [0.25, 0.3) is 5.91 Å². The second kappa shape index (κ2) is 9.23. The van der Waals surface area contributed by atoms with Gasteiger partial charge in [0.05, 0.1) is 18.3 Å². The number of nitrogens with zero attached hydrogens (tertiary/aromatic N) is 3. The van der Waals surface area contributed by atoms with Crippen LogP contribution < -0.4 is 10.1 Å². The Kier molecular flexibility index (Phi) is 5.98. The molecule has 174 valence electrons. The molecule has 0 aliphatic carbocycles. The van der Waals surface area contributed by atoms with Crippen LogP contribution >= 0.6 is 0 Å². The molecule has 0 spiro atoms. The molecule has 0 saturated carbocycles. The fourth-order valence-corrected chi connectivity index (χ4v) is 4.49. The second-order valence-corrected chi connectivity index (χ2v) is 8.66. The number of fused-ring (bicyclic) bond motifs is 2. The minimum Gasteiger partial charge on any atom is -0.490 e. The topological polar surface area (TPSA) is 74.8 Å². The number of aryl methyl sites for hydroxylation is 1. The molecule has 2 aliphatic heterocycles. The van der Waals surface area contributed by atoms with Crippen molar-refractivity contribution < 1.29 is 18.7 Å². The number of pyridine rings is 1. The van der Waals surface area contributed by atoms with Crippen LogP contribution in [0, 0.1) is 12.9 Å². The Balaban J connectivity index is 1.36. The first-order valence-corrected chi connectivity index (χ1v) is 11.3. The van der Waals surface area contributed by atoms with Gasteiger partial charge < -0.3 is 15.0 Å². The third-order valence-corrected chi connectivity index (χ3v) is 6.26. The highest BCUT2D eigenvalue weighted by Crippen LogP contribution is 2.32. The number of amides is 2. The Morgan fingerprint density at radius 3 is 2.85 bits per heavy atom. The van der Waals surface area contributed by atoms with Crippen LogP contribution in [0.2, 0.25) is 0 Å². The molecule has 3 heterocycles. The van der Waals surface area contributed by atoms with Gasteiger partial charge in [-0.1, -0.05) is 23.8 Å². The van der Waals surface area contributed by atoms with E-state index in [1.807, 2.05) is 41.0 Å². The zero-order valence-electron chi connectivity index (χ0n) is 18.8. The molecule has 7 nitrogen and oxygen atoms in total. The molecule has 8 heteroatoms. The number of benzene rings is 2. The van der Waals surface area contributed by atoms with Gasteiger partial charge in [-0.3, -0.25) is 14.5 Å². The monoisotopic (exact) mass is 460 g/mol. The van der Waals surface area contributed by atoms with E-state index in [0.29, 0.717) is 54.4 Å². The molecule has 0 unspecified atom stereocenters. The van der Waals surface area contributed by atoms with Crippen molar-refractivity contribution in [2.45, 2.75) is 13.0 Å². The van der Waals surface area contributed by atoms with Crippen molar-refractivity contribution in [2.24, 2.45) is 0 Å². The summed E-state index contributed by atoms with van der Waals surface area (Å²) in [7, 11) is 0. The average molecular weight is 461 g/mol. The van der Waals surface area contributed by atoms with Crippen LogP contribution in [0.25, 0.3) is 11.1 Å². The fraction of sp³-hybridized carbons (Fsp3) is 0.269. The van der Waals surface area contributed by atoms with Crippen LogP contribution in [-0.4, -0.2) is 65.4 Å². The zero-order chi connectivity index (χ0) is 23.7. The molecule has 0 bridgehead atoms. The highest BCUT2D eigenvalue weighted by Gasteiger charge is 2.33. The molecular weight excluding hydrogens is 435 g/mol. The number of carbonyl (C=O) groups excluding carboxylic acids is 2. The Labute approximate surface area is 197 Å². The molecule has 2 amide bonds. The molecule has 3 aromatic rings. The van der Waals surface area contributed by atoms with Gasteiger partial charge in [-0.2, -0.15) is 4.39 Å². The molecule has 34 heavy (non-hydrogen) atoms. The highest BCUT2D eigenvalue weighted by atomic mass is 19.1. The summed E-state index contributed by atoms with van der Waals surface area (Å²) >= 11 is 0. The number of piperazine rings is 1. The first kappa shape index (κ1) is 22.0. The van der Waals surface area contributed by atoms with Crippen LogP contribution in [0.1, 0.15) is 15.9 Å². The standard InChI is InChI=1S/C26H25FN4O3/c1-17-4-2-5-19(12-17)26(33)31-11-10-30-15-24(32)29-22-13-18(21-6-3-9-28-25(21)27)7-8-23(22)34-16-20(30)14-31/h2-9,12-13,20H,10-11,14-16H2,1H3,(H,29,32)/t20-/m1/s1. The zero-order valence-corrected chi connectivity index (χ0v) is 18.8. The van der Waals surface area contributed by atoms with Gasteiger partial charge in [0.2, 0.25) is 11.9 Å². The summed E-state index contributed by atoms with van der Waals surface area (Å²) in [5.41, 5.74) is 3.13. The maximum absolute atomic E-state index is 14.2. The predicted molar refractivity (Wildman–Crippen MR) is 126 cm³/mol. The van der Waals surface area contributed by atoms with Crippen LogP contribution in [-0.2, 0) is 4.79 Å². The largest absolute Gasteiger partial charge is 0.490 e.